The Morgan fingerprint density at radius 2 is 1.50 bits per heavy atom. The summed E-state index contributed by atoms with van der Waals surface area (Å²) in [6.07, 6.45) is 7.19. The molecule has 0 bridgehead atoms. The van der Waals surface area contributed by atoms with Crippen LogP contribution in [0.15, 0.2) is 37.1 Å². The molecule has 0 aromatic carbocycles. The van der Waals surface area contributed by atoms with Gasteiger partial charge in [0.2, 0.25) is 0 Å². The van der Waals surface area contributed by atoms with Crippen molar-refractivity contribution >= 4 is 0 Å². The second kappa shape index (κ2) is 5.64. The molecule has 0 amide bonds. The SMILES string of the molecule is Cc1cncc(C)c1-c1c(C)ncnc1-c1cccnc1C. The molecule has 3 aromatic heterocycles. The van der Waals surface area contributed by atoms with E-state index >= 15 is 0 Å². The smallest absolute Gasteiger partial charge is 0.116 e. The second-order valence-corrected chi connectivity index (χ2v) is 5.47. The van der Waals surface area contributed by atoms with Crippen LogP contribution in [0.3, 0.4) is 0 Å². The van der Waals surface area contributed by atoms with E-state index in [1.807, 2.05) is 32.3 Å². The average molecular weight is 290 g/mol. The second-order valence-electron chi connectivity index (χ2n) is 5.47. The number of rotatable bonds is 2. The minimum atomic E-state index is 0.926. The van der Waals surface area contributed by atoms with Crippen molar-refractivity contribution in [2.24, 2.45) is 0 Å². The number of nitrogens with zero attached hydrogens (tertiary/aromatic N) is 4. The monoisotopic (exact) mass is 290 g/mol. The van der Waals surface area contributed by atoms with Gasteiger partial charge < -0.3 is 0 Å². The van der Waals surface area contributed by atoms with Crippen molar-refractivity contribution in [1.29, 1.82) is 0 Å². The van der Waals surface area contributed by atoms with Crippen LogP contribution in [0.5, 0.6) is 0 Å². The molecule has 0 saturated carbocycles. The normalized spacial score (nSPS) is 10.7. The Hall–Kier alpha value is -2.62. The van der Waals surface area contributed by atoms with Crippen LogP contribution in [0.4, 0.5) is 0 Å². The molecule has 0 aliphatic rings. The van der Waals surface area contributed by atoms with Crippen LogP contribution in [0.2, 0.25) is 0 Å². The van der Waals surface area contributed by atoms with Gasteiger partial charge in [-0.15, -0.1) is 0 Å². The predicted molar refractivity (Wildman–Crippen MR) is 87.4 cm³/mol. The summed E-state index contributed by atoms with van der Waals surface area (Å²) in [6.45, 7) is 8.16. The Balaban J connectivity index is 2.36. The fraction of sp³-hybridized carbons (Fsp3) is 0.222. The first kappa shape index (κ1) is 14.3. The van der Waals surface area contributed by atoms with Crippen molar-refractivity contribution in [3.05, 3.63) is 59.6 Å². The quantitative estimate of drug-likeness (QED) is 0.719. The summed E-state index contributed by atoms with van der Waals surface area (Å²) in [5, 5.41) is 0. The van der Waals surface area contributed by atoms with Gasteiger partial charge in [0.05, 0.1) is 5.69 Å². The lowest BCUT2D eigenvalue weighted by atomic mass is 9.92. The van der Waals surface area contributed by atoms with Crippen LogP contribution in [0.1, 0.15) is 22.5 Å². The van der Waals surface area contributed by atoms with E-state index in [2.05, 4.69) is 39.8 Å². The summed E-state index contributed by atoms with van der Waals surface area (Å²) >= 11 is 0. The Morgan fingerprint density at radius 3 is 2.18 bits per heavy atom. The first-order valence-electron chi connectivity index (χ1n) is 7.24. The van der Waals surface area contributed by atoms with E-state index in [1.165, 1.54) is 0 Å². The summed E-state index contributed by atoms with van der Waals surface area (Å²) < 4.78 is 0. The fourth-order valence-electron chi connectivity index (χ4n) is 2.81. The van der Waals surface area contributed by atoms with Crippen molar-refractivity contribution < 1.29 is 0 Å². The number of hydrogen-bond acceptors (Lipinski definition) is 4. The molecule has 0 radical (unpaired) electrons. The van der Waals surface area contributed by atoms with E-state index in [0.717, 1.165) is 44.9 Å². The number of hydrogen-bond donors (Lipinski definition) is 0. The van der Waals surface area contributed by atoms with Gasteiger partial charge in [-0.2, -0.15) is 0 Å². The molecule has 0 aliphatic heterocycles. The van der Waals surface area contributed by atoms with Gasteiger partial charge in [0, 0.05) is 41.1 Å². The van der Waals surface area contributed by atoms with Gasteiger partial charge in [-0.25, -0.2) is 9.97 Å². The molecule has 3 heterocycles. The Kier molecular flexibility index (Phi) is 3.67. The number of pyridine rings is 2. The summed E-state index contributed by atoms with van der Waals surface area (Å²) in [5.41, 5.74) is 8.37. The molecule has 0 unspecified atom stereocenters. The average Bonchev–Trinajstić information content (AvgIpc) is 2.49. The minimum absolute atomic E-state index is 0.926. The molecule has 0 spiro atoms. The standard InChI is InChI=1S/C18H18N4/c1-11-8-19-9-12(2)16(11)17-14(4)21-10-22-18(17)15-6-5-7-20-13(15)3/h5-10H,1-4H3. The molecular formula is C18H18N4. The summed E-state index contributed by atoms with van der Waals surface area (Å²) in [6, 6.07) is 4.00. The molecule has 0 atom stereocenters. The molecule has 0 saturated heterocycles. The topological polar surface area (TPSA) is 51.6 Å². The van der Waals surface area contributed by atoms with Crippen LogP contribution in [0, 0.1) is 27.7 Å². The van der Waals surface area contributed by atoms with Gasteiger partial charge >= 0.3 is 0 Å². The maximum atomic E-state index is 4.56. The number of aromatic nitrogens is 4. The van der Waals surface area contributed by atoms with Crippen molar-refractivity contribution in [2.45, 2.75) is 27.7 Å². The summed E-state index contributed by atoms with van der Waals surface area (Å²) in [4.78, 5) is 17.6. The lowest BCUT2D eigenvalue weighted by Gasteiger charge is -2.16. The first-order chi connectivity index (χ1) is 10.6. The molecule has 110 valence electrons. The zero-order valence-corrected chi connectivity index (χ0v) is 13.3. The maximum absolute atomic E-state index is 4.56. The van der Waals surface area contributed by atoms with Crippen molar-refractivity contribution in [3.8, 4) is 22.4 Å². The van der Waals surface area contributed by atoms with Crippen LogP contribution < -0.4 is 0 Å². The molecule has 3 rings (SSSR count). The molecule has 3 aromatic rings. The molecule has 0 N–H and O–H groups in total. The van der Waals surface area contributed by atoms with E-state index < -0.39 is 0 Å². The molecule has 4 nitrogen and oxygen atoms in total. The summed E-state index contributed by atoms with van der Waals surface area (Å²) in [5.74, 6) is 0. The predicted octanol–water partition coefficient (Wildman–Crippen LogP) is 3.83. The van der Waals surface area contributed by atoms with Crippen LogP contribution in [-0.4, -0.2) is 19.9 Å². The lowest BCUT2D eigenvalue weighted by Crippen LogP contribution is -2.01. The van der Waals surface area contributed by atoms with E-state index in [-0.39, 0.29) is 0 Å². The molecule has 0 fully saturated rings. The molecule has 4 heteroatoms. The van der Waals surface area contributed by atoms with Crippen molar-refractivity contribution in [1.82, 2.24) is 19.9 Å². The minimum Gasteiger partial charge on any atom is -0.264 e. The molecular weight excluding hydrogens is 272 g/mol. The van der Waals surface area contributed by atoms with E-state index in [1.54, 1.807) is 12.5 Å². The third-order valence-corrected chi connectivity index (χ3v) is 3.87. The largest absolute Gasteiger partial charge is 0.264 e. The van der Waals surface area contributed by atoms with Crippen LogP contribution in [0.25, 0.3) is 22.4 Å². The van der Waals surface area contributed by atoms with Gasteiger partial charge in [-0.1, -0.05) is 0 Å². The van der Waals surface area contributed by atoms with Crippen molar-refractivity contribution in [3.63, 3.8) is 0 Å². The van der Waals surface area contributed by atoms with E-state index in [9.17, 15) is 0 Å². The Morgan fingerprint density at radius 1 is 0.773 bits per heavy atom. The highest BCUT2D eigenvalue weighted by molar-refractivity contribution is 5.85. The van der Waals surface area contributed by atoms with Crippen LogP contribution in [-0.2, 0) is 0 Å². The van der Waals surface area contributed by atoms with Crippen LogP contribution >= 0.6 is 0 Å². The van der Waals surface area contributed by atoms with Gasteiger partial charge in [0.15, 0.2) is 0 Å². The third kappa shape index (κ3) is 2.37. The van der Waals surface area contributed by atoms with Gasteiger partial charge in [-0.05, 0) is 56.5 Å². The lowest BCUT2D eigenvalue weighted by molar-refractivity contribution is 1.09. The summed E-state index contributed by atoms with van der Waals surface area (Å²) in [7, 11) is 0. The van der Waals surface area contributed by atoms with Gasteiger partial charge in [0.1, 0.15) is 6.33 Å². The maximum Gasteiger partial charge on any atom is 0.116 e. The van der Waals surface area contributed by atoms with E-state index in [4.69, 9.17) is 0 Å². The van der Waals surface area contributed by atoms with Gasteiger partial charge in [-0.3, -0.25) is 9.97 Å². The molecule has 22 heavy (non-hydrogen) atoms. The Labute approximate surface area is 130 Å². The Bertz CT molecular complexity index is 820. The van der Waals surface area contributed by atoms with E-state index in [0.29, 0.717) is 0 Å². The number of aryl methyl sites for hydroxylation is 4. The highest BCUT2D eigenvalue weighted by Gasteiger charge is 2.18. The van der Waals surface area contributed by atoms with Gasteiger partial charge in [0.25, 0.3) is 0 Å². The fourth-order valence-corrected chi connectivity index (χ4v) is 2.81. The highest BCUT2D eigenvalue weighted by Crippen LogP contribution is 2.36. The third-order valence-electron chi connectivity index (χ3n) is 3.87. The highest BCUT2D eigenvalue weighted by atomic mass is 14.8. The van der Waals surface area contributed by atoms with Crippen molar-refractivity contribution in [2.75, 3.05) is 0 Å². The first-order valence-corrected chi connectivity index (χ1v) is 7.24. The molecule has 0 aliphatic carbocycles. The zero-order chi connectivity index (χ0) is 15.7. The zero-order valence-electron chi connectivity index (χ0n) is 13.3.